The lowest BCUT2D eigenvalue weighted by atomic mass is 9.74. The molecule has 2 rings (SSSR count). The Balaban J connectivity index is 1.95. The van der Waals surface area contributed by atoms with E-state index in [0.717, 1.165) is 32.7 Å². The molecule has 0 aliphatic carbocycles. The van der Waals surface area contributed by atoms with E-state index in [1.54, 1.807) is 0 Å². The molecule has 0 radical (unpaired) electrons. The molecule has 2 N–H and O–H groups in total. The zero-order valence-electron chi connectivity index (χ0n) is 11.8. The molecule has 2 aliphatic heterocycles. The predicted molar refractivity (Wildman–Crippen MR) is 73.5 cm³/mol. The first-order valence-corrected chi connectivity index (χ1v) is 7.39. The SMILES string of the molecule is CCNC(=O)C(C)N1CCCC2(CCCNC2)C1. The van der Waals surface area contributed by atoms with Gasteiger partial charge in [0.15, 0.2) is 0 Å². The van der Waals surface area contributed by atoms with Crippen LogP contribution in [-0.4, -0.2) is 49.6 Å². The number of hydrogen-bond acceptors (Lipinski definition) is 3. The smallest absolute Gasteiger partial charge is 0.237 e. The van der Waals surface area contributed by atoms with Gasteiger partial charge in [-0.05, 0) is 58.0 Å². The molecule has 0 bridgehead atoms. The van der Waals surface area contributed by atoms with Crippen molar-refractivity contribution >= 4 is 5.91 Å². The van der Waals surface area contributed by atoms with Crippen LogP contribution in [0.4, 0.5) is 0 Å². The van der Waals surface area contributed by atoms with Crippen LogP contribution in [0.5, 0.6) is 0 Å². The van der Waals surface area contributed by atoms with Crippen LogP contribution in [0.15, 0.2) is 0 Å². The van der Waals surface area contributed by atoms with Crippen molar-refractivity contribution in [3.63, 3.8) is 0 Å². The lowest BCUT2D eigenvalue weighted by molar-refractivity contribution is -0.127. The molecule has 2 unspecified atom stereocenters. The molecule has 1 spiro atoms. The number of nitrogens with one attached hydrogen (secondary N) is 2. The Kier molecular flexibility index (Phi) is 4.62. The molecule has 0 saturated carbocycles. The van der Waals surface area contributed by atoms with Crippen LogP contribution in [0.3, 0.4) is 0 Å². The van der Waals surface area contributed by atoms with E-state index in [1.165, 1.54) is 25.7 Å². The number of piperidine rings is 2. The van der Waals surface area contributed by atoms with Crippen LogP contribution >= 0.6 is 0 Å². The van der Waals surface area contributed by atoms with Gasteiger partial charge in [-0.1, -0.05) is 0 Å². The molecular weight excluding hydrogens is 226 g/mol. The van der Waals surface area contributed by atoms with Gasteiger partial charge in [0.25, 0.3) is 0 Å². The largest absolute Gasteiger partial charge is 0.355 e. The third kappa shape index (κ3) is 3.04. The average molecular weight is 253 g/mol. The van der Waals surface area contributed by atoms with Gasteiger partial charge < -0.3 is 10.6 Å². The zero-order valence-corrected chi connectivity index (χ0v) is 11.8. The van der Waals surface area contributed by atoms with E-state index in [2.05, 4.69) is 15.5 Å². The molecule has 1 amide bonds. The maximum atomic E-state index is 11.9. The molecule has 0 aromatic carbocycles. The van der Waals surface area contributed by atoms with Crippen LogP contribution in [-0.2, 0) is 4.79 Å². The second-order valence-corrected chi connectivity index (χ2v) is 5.92. The van der Waals surface area contributed by atoms with Crippen LogP contribution in [0.1, 0.15) is 39.5 Å². The Morgan fingerprint density at radius 3 is 2.89 bits per heavy atom. The average Bonchev–Trinajstić information content (AvgIpc) is 2.39. The molecule has 4 heteroatoms. The summed E-state index contributed by atoms with van der Waals surface area (Å²) < 4.78 is 0. The van der Waals surface area contributed by atoms with E-state index < -0.39 is 0 Å². The number of carbonyl (C=O) groups excluding carboxylic acids is 1. The quantitative estimate of drug-likeness (QED) is 0.788. The van der Waals surface area contributed by atoms with Crippen molar-refractivity contribution in [2.24, 2.45) is 5.41 Å². The maximum Gasteiger partial charge on any atom is 0.237 e. The zero-order chi connectivity index (χ0) is 13.0. The molecule has 2 saturated heterocycles. The predicted octanol–water partition coefficient (Wildman–Crippen LogP) is 0.977. The fraction of sp³-hybridized carbons (Fsp3) is 0.929. The third-order valence-corrected chi connectivity index (χ3v) is 4.53. The molecule has 2 atom stereocenters. The van der Waals surface area contributed by atoms with Crippen LogP contribution in [0.25, 0.3) is 0 Å². The second-order valence-electron chi connectivity index (χ2n) is 5.92. The van der Waals surface area contributed by atoms with E-state index in [-0.39, 0.29) is 11.9 Å². The Bertz CT molecular complexity index is 281. The molecule has 0 aromatic heterocycles. The molecule has 2 heterocycles. The minimum absolute atomic E-state index is 0.0176. The van der Waals surface area contributed by atoms with Crippen molar-refractivity contribution in [2.45, 2.75) is 45.6 Å². The lowest BCUT2D eigenvalue weighted by Gasteiger charge is -2.46. The van der Waals surface area contributed by atoms with Gasteiger partial charge in [0, 0.05) is 19.6 Å². The Hall–Kier alpha value is -0.610. The summed E-state index contributed by atoms with van der Waals surface area (Å²) >= 11 is 0. The number of likely N-dealkylation sites (N-methyl/N-ethyl adjacent to an activating group) is 1. The highest BCUT2D eigenvalue weighted by Gasteiger charge is 2.38. The molecule has 104 valence electrons. The van der Waals surface area contributed by atoms with Crippen molar-refractivity contribution in [3.8, 4) is 0 Å². The number of hydrogen-bond donors (Lipinski definition) is 2. The molecule has 4 nitrogen and oxygen atoms in total. The number of amides is 1. The fourth-order valence-electron chi connectivity index (χ4n) is 3.44. The summed E-state index contributed by atoms with van der Waals surface area (Å²) in [7, 11) is 0. The van der Waals surface area contributed by atoms with Gasteiger partial charge in [-0.2, -0.15) is 0 Å². The van der Waals surface area contributed by atoms with Crippen molar-refractivity contribution in [1.29, 1.82) is 0 Å². The van der Waals surface area contributed by atoms with Crippen LogP contribution in [0, 0.1) is 5.41 Å². The summed E-state index contributed by atoms with van der Waals surface area (Å²) in [6.45, 7) is 9.19. The number of carbonyl (C=O) groups is 1. The van der Waals surface area contributed by atoms with E-state index in [1.807, 2.05) is 13.8 Å². The van der Waals surface area contributed by atoms with Crippen LogP contribution < -0.4 is 10.6 Å². The number of likely N-dealkylation sites (tertiary alicyclic amines) is 1. The Morgan fingerprint density at radius 1 is 1.44 bits per heavy atom. The number of rotatable bonds is 3. The van der Waals surface area contributed by atoms with Gasteiger partial charge in [0.1, 0.15) is 0 Å². The van der Waals surface area contributed by atoms with E-state index >= 15 is 0 Å². The van der Waals surface area contributed by atoms with Crippen molar-refractivity contribution < 1.29 is 4.79 Å². The summed E-state index contributed by atoms with van der Waals surface area (Å²) in [5, 5.41) is 6.47. The van der Waals surface area contributed by atoms with Gasteiger partial charge in [-0.15, -0.1) is 0 Å². The van der Waals surface area contributed by atoms with Gasteiger partial charge in [0.2, 0.25) is 5.91 Å². The Morgan fingerprint density at radius 2 is 2.22 bits per heavy atom. The van der Waals surface area contributed by atoms with Gasteiger partial charge >= 0.3 is 0 Å². The summed E-state index contributed by atoms with van der Waals surface area (Å²) in [5.41, 5.74) is 0.428. The molecule has 2 aliphatic rings. The van der Waals surface area contributed by atoms with E-state index in [4.69, 9.17) is 0 Å². The fourth-order valence-corrected chi connectivity index (χ4v) is 3.44. The van der Waals surface area contributed by atoms with Gasteiger partial charge in [-0.25, -0.2) is 0 Å². The maximum absolute atomic E-state index is 11.9. The van der Waals surface area contributed by atoms with E-state index in [9.17, 15) is 4.79 Å². The molecule has 2 fully saturated rings. The van der Waals surface area contributed by atoms with Crippen molar-refractivity contribution in [1.82, 2.24) is 15.5 Å². The molecular formula is C14H27N3O. The van der Waals surface area contributed by atoms with Crippen molar-refractivity contribution in [3.05, 3.63) is 0 Å². The highest BCUT2D eigenvalue weighted by molar-refractivity contribution is 5.81. The van der Waals surface area contributed by atoms with Crippen LogP contribution in [0.2, 0.25) is 0 Å². The van der Waals surface area contributed by atoms with E-state index in [0.29, 0.717) is 5.41 Å². The first-order valence-electron chi connectivity index (χ1n) is 7.39. The van der Waals surface area contributed by atoms with Gasteiger partial charge in [0.05, 0.1) is 6.04 Å². The molecule has 18 heavy (non-hydrogen) atoms. The summed E-state index contributed by atoms with van der Waals surface area (Å²) in [6, 6.07) is 0.0176. The lowest BCUT2D eigenvalue weighted by Crippen LogP contribution is -2.56. The summed E-state index contributed by atoms with van der Waals surface area (Å²) in [5.74, 6) is 0.179. The van der Waals surface area contributed by atoms with Gasteiger partial charge in [-0.3, -0.25) is 9.69 Å². The highest BCUT2D eigenvalue weighted by atomic mass is 16.2. The summed E-state index contributed by atoms with van der Waals surface area (Å²) in [4.78, 5) is 14.3. The first-order chi connectivity index (χ1) is 8.67. The first kappa shape index (κ1) is 13.8. The normalized spacial score (nSPS) is 31.2. The minimum Gasteiger partial charge on any atom is -0.355 e. The third-order valence-electron chi connectivity index (χ3n) is 4.53. The summed E-state index contributed by atoms with van der Waals surface area (Å²) in [6.07, 6.45) is 5.14. The number of nitrogens with zero attached hydrogens (tertiary/aromatic N) is 1. The topological polar surface area (TPSA) is 44.4 Å². The van der Waals surface area contributed by atoms with Crippen molar-refractivity contribution in [2.75, 3.05) is 32.7 Å². The highest BCUT2D eigenvalue weighted by Crippen LogP contribution is 2.36. The standard InChI is InChI=1S/C14H27N3O/c1-3-16-13(18)12(2)17-9-5-7-14(11-17)6-4-8-15-10-14/h12,15H,3-11H2,1-2H3,(H,16,18). The minimum atomic E-state index is 0.0176. The monoisotopic (exact) mass is 253 g/mol. The second kappa shape index (κ2) is 6.02. The molecule has 0 aromatic rings. The Labute approximate surface area is 110 Å².